The number of rotatable bonds is 2. The summed E-state index contributed by atoms with van der Waals surface area (Å²) >= 11 is 3.78. The van der Waals surface area contributed by atoms with Crippen molar-refractivity contribution in [3.05, 3.63) is 0 Å². The highest BCUT2D eigenvalue weighted by atomic mass is 79.9. The Morgan fingerprint density at radius 1 is 1.07 bits per heavy atom. The van der Waals surface area contributed by atoms with E-state index in [0.29, 0.717) is 10.8 Å². The standard InChI is InChI=1S/C14H25Br/c1-13(2,3)11-6-8-14(10-15,9-7-11)12-4-5-12/h11-12H,4-10H2,1-3H3. The van der Waals surface area contributed by atoms with E-state index in [0.717, 1.165) is 11.8 Å². The number of hydrogen-bond donors (Lipinski definition) is 0. The largest absolute Gasteiger partial charge is 0.0922 e. The summed E-state index contributed by atoms with van der Waals surface area (Å²) < 4.78 is 0. The monoisotopic (exact) mass is 272 g/mol. The van der Waals surface area contributed by atoms with Gasteiger partial charge < -0.3 is 0 Å². The average Bonchev–Trinajstić information content (AvgIpc) is 3.00. The second-order valence-corrected chi connectivity index (χ2v) is 7.47. The van der Waals surface area contributed by atoms with Gasteiger partial charge in [-0.2, -0.15) is 0 Å². The van der Waals surface area contributed by atoms with Crippen LogP contribution in [0.4, 0.5) is 0 Å². The van der Waals surface area contributed by atoms with Crippen molar-refractivity contribution in [3.8, 4) is 0 Å². The molecule has 0 bridgehead atoms. The molecule has 2 saturated carbocycles. The van der Waals surface area contributed by atoms with E-state index in [1.165, 1.54) is 43.9 Å². The molecule has 0 aromatic carbocycles. The fourth-order valence-electron chi connectivity index (χ4n) is 3.41. The highest BCUT2D eigenvalue weighted by molar-refractivity contribution is 9.09. The van der Waals surface area contributed by atoms with Crippen LogP contribution in [0.25, 0.3) is 0 Å². The molecular formula is C14H25Br. The van der Waals surface area contributed by atoms with Crippen LogP contribution in [0.2, 0.25) is 0 Å². The van der Waals surface area contributed by atoms with Gasteiger partial charge >= 0.3 is 0 Å². The molecule has 0 aromatic heterocycles. The zero-order chi connectivity index (χ0) is 11.1. The SMILES string of the molecule is CC(C)(C)C1CCC(CBr)(C2CC2)CC1. The zero-order valence-electron chi connectivity index (χ0n) is 10.5. The Morgan fingerprint density at radius 3 is 1.93 bits per heavy atom. The van der Waals surface area contributed by atoms with Crippen LogP contribution in [0.15, 0.2) is 0 Å². The molecule has 0 aromatic rings. The van der Waals surface area contributed by atoms with Gasteiger partial charge in [-0.3, -0.25) is 0 Å². The lowest BCUT2D eigenvalue weighted by Crippen LogP contribution is -2.35. The molecular weight excluding hydrogens is 248 g/mol. The second kappa shape index (κ2) is 4.05. The minimum atomic E-state index is 0.530. The van der Waals surface area contributed by atoms with Gasteiger partial charge in [0.25, 0.3) is 0 Å². The van der Waals surface area contributed by atoms with Crippen molar-refractivity contribution in [2.45, 2.75) is 59.3 Å². The first-order chi connectivity index (χ1) is 6.98. The summed E-state index contributed by atoms with van der Waals surface area (Å²) in [5.74, 6) is 2.03. The molecule has 2 aliphatic rings. The quantitative estimate of drug-likeness (QED) is 0.620. The summed E-state index contributed by atoms with van der Waals surface area (Å²) in [6.45, 7) is 7.24. The molecule has 0 spiro atoms. The van der Waals surface area contributed by atoms with E-state index in [1.807, 2.05) is 0 Å². The van der Waals surface area contributed by atoms with Gasteiger partial charge in [-0.05, 0) is 61.2 Å². The van der Waals surface area contributed by atoms with Crippen LogP contribution in [0.5, 0.6) is 0 Å². The van der Waals surface area contributed by atoms with E-state index in [4.69, 9.17) is 0 Å². The minimum Gasteiger partial charge on any atom is -0.0922 e. The molecule has 0 saturated heterocycles. The average molecular weight is 273 g/mol. The molecule has 0 nitrogen and oxygen atoms in total. The predicted octanol–water partition coefficient (Wildman–Crippen LogP) is 5.01. The third kappa shape index (κ3) is 2.43. The summed E-state index contributed by atoms with van der Waals surface area (Å²) in [6, 6.07) is 0. The van der Waals surface area contributed by atoms with Gasteiger partial charge in [-0.1, -0.05) is 36.7 Å². The van der Waals surface area contributed by atoms with Crippen LogP contribution < -0.4 is 0 Å². The number of halogens is 1. The van der Waals surface area contributed by atoms with Gasteiger partial charge in [0, 0.05) is 5.33 Å². The number of hydrogen-bond acceptors (Lipinski definition) is 0. The van der Waals surface area contributed by atoms with Crippen molar-refractivity contribution in [1.82, 2.24) is 0 Å². The summed E-state index contributed by atoms with van der Waals surface area (Å²) in [7, 11) is 0. The lowest BCUT2D eigenvalue weighted by molar-refractivity contribution is 0.0885. The second-order valence-electron chi connectivity index (χ2n) is 6.91. The molecule has 1 heteroatoms. The van der Waals surface area contributed by atoms with Gasteiger partial charge in [-0.25, -0.2) is 0 Å². The maximum absolute atomic E-state index is 3.78. The van der Waals surface area contributed by atoms with Crippen molar-refractivity contribution in [1.29, 1.82) is 0 Å². The summed E-state index contributed by atoms with van der Waals surface area (Å²) in [4.78, 5) is 0. The Bertz CT molecular complexity index is 214. The molecule has 88 valence electrons. The van der Waals surface area contributed by atoms with Crippen LogP contribution in [-0.4, -0.2) is 5.33 Å². The predicted molar refractivity (Wildman–Crippen MR) is 70.4 cm³/mol. The van der Waals surface area contributed by atoms with Crippen LogP contribution in [-0.2, 0) is 0 Å². The Kier molecular flexibility index (Phi) is 3.23. The smallest absolute Gasteiger partial charge is 0.00906 e. The van der Waals surface area contributed by atoms with Crippen molar-refractivity contribution in [2.24, 2.45) is 22.7 Å². The Morgan fingerprint density at radius 2 is 1.60 bits per heavy atom. The third-order valence-corrected chi connectivity index (χ3v) is 6.03. The van der Waals surface area contributed by atoms with Crippen molar-refractivity contribution < 1.29 is 0 Å². The first-order valence-corrected chi connectivity index (χ1v) is 7.66. The van der Waals surface area contributed by atoms with E-state index < -0.39 is 0 Å². The molecule has 0 radical (unpaired) electrons. The number of alkyl halides is 1. The van der Waals surface area contributed by atoms with E-state index >= 15 is 0 Å². The van der Waals surface area contributed by atoms with E-state index in [1.54, 1.807) is 0 Å². The van der Waals surface area contributed by atoms with E-state index in [9.17, 15) is 0 Å². The highest BCUT2D eigenvalue weighted by Gasteiger charge is 2.47. The summed E-state index contributed by atoms with van der Waals surface area (Å²) in [5, 5.41) is 1.25. The van der Waals surface area contributed by atoms with Crippen molar-refractivity contribution >= 4 is 15.9 Å². The van der Waals surface area contributed by atoms with Gasteiger partial charge in [0.05, 0.1) is 0 Å². The molecule has 15 heavy (non-hydrogen) atoms. The maximum Gasteiger partial charge on any atom is 0.00906 e. The highest BCUT2D eigenvalue weighted by Crippen LogP contribution is 2.56. The minimum absolute atomic E-state index is 0.530. The topological polar surface area (TPSA) is 0 Å². The Labute approximate surface area is 103 Å². The van der Waals surface area contributed by atoms with Gasteiger partial charge in [0.15, 0.2) is 0 Å². The summed E-state index contributed by atoms with van der Waals surface area (Å²) in [5.41, 5.74) is 1.23. The molecule has 0 atom stereocenters. The Hall–Kier alpha value is 0.480. The van der Waals surface area contributed by atoms with Crippen LogP contribution in [0, 0.1) is 22.7 Å². The molecule has 0 heterocycles. The maximum atomic E-state index is 3.78. The molecule has 0 amide bonds. The fraction of sp³-hybridized carbons (Fsp3) is 1.00. The van der Waals surface area contributed by atoms with Gasteiger partial charge in [0.1, 0.15) is 0 Å². The van der Waals surface area contributed by atoms with Gasteiger partial charge in [0.2, 0.25) is 0 Å². The third-order valence-electron chi connectivity index (χ3n) is 4.92. The zero-order valence-corrected chi connectivity index (χ0v) is 12.1. The van der Waals surface area contributed by atoms with Crippen molar-refractivity contribution in [2.75, 3.05) is 5.33 Å². The normalized spacial score (nSPS) is 38.0. The Balaban J connectivity index is 1.95. The molecule has 2 fully saturated rings. The molecule has 2 rings (SSSR count). The van der Waals surface area contributed by atoms with E-state index in [2.05, 4.69) is 36.7 Å². The lowest BCUT2D eigenvalue weighted by atomic mass is 9.63. The molecule has 0 aliphatic heterocycles. The summed E-state index contributed by atoms with van der Waals surface area (Å²) in [6.07, 6.45) is 8.89. The molecule has 2 aliphatic carbocycles. The van der Waals surface area contributed by atoms with Crippen LogP contribution >= 0.6 is 15.9 Å². The van der Waals surface area contributed by atoms with Crippen LogP contribution in [0.3, 0.4) is 0 Å². The van der Waals surface area contributed by atoms with Crippen LogP contribution in [0.1, 0.15) is 59.3 Å². The first kappa shape index (κ1) is 12.0. The van der Waals surface area contributed by atoms with Crippen molar-refractivity contribution in [3.63, 3.8) is 0 Å². The fourth-order valence-corrected chi connectivity index (χ4v) is 4.42. The first-order valence-electron chi connectivity index (χ1n) is 6.54. The lowest BCUT2D eigenvalue weighted by Gasteiger charge is -2.43. The van der Waals surface area contributed by atoms with E-state index in [-0.39, 0.29) is 0 Å². The molecule has 0 unspecified atom stereocenters. The molecule has 0 N–H and O–H groups in total. The van der Waals surface area contributed by atoms with Gasteiger partial charge in [-0.15, -0.1) is 0 Å².